The highest BCUT2D eigenvalue weighted by Crippen LogP contribution is 2.50. The van der Waals surface area contributed by atoms with Crippen LogP contribution in [0.25, 0.3) is 0 Å². The lowest BCUT2D eigenvalue weighted by Gasteiger charge is -2.49. The zero-order valence-electron chi connectivity index (χ0n) is 12.7. The van der Waals surface area contributed by atoms with Crippen molar-refractivity contribution in [1.29, 1.82) is 0 Å². The van der Waals surface area contributed by atoms with Crippen LogP contribution in [0, 0.1) is 11.8 Å². The Hall–Kier alpha value is -0.820. The molecule has 1 unspecified atom stereocenters. The molecule has 3 rings (SSSR count). The second kappa shape index (κ2) is 5.89. The van der Waals surface area contributed by atoms with Crippen molar-refractivity contribution in [3.05, 3.63) is 35.9 Å². The highest BCUT2D eigenvalue weighted by atomic mass is 16.3. The lowest BCUT2D eigenvalue weighted by Crippen LogP contribution is -2.49. The van der Waals surface area contributed by atoms with Crippen molar-refractivity contribution in [1.82, 2.24) is 0 Å². The van der Waals surface area contributed by atoms with Crippen LogP contribution in [-0.4, -0.2) is 11.2 Å². The Bertz CT molecular complexity index is 413. The molecule has 1 aromatic rings. The Kier molecular flexibility index (Phi) is 4.16. The van der Waals surface area contributed by atoms with E-state index in [4.69, 9.17) is 0 Å². The van der Waals surface area contributed by atoms with Gasteiger partial charge in [-0.2, -0.15) is 0 Å². The van der Waals surface area contributed by atoms with Crippen molar-refractivity contribution in [2.45, 2.75) is 69.8 Å². The number of hydrogen-bond donors (Lipinski definition) is 1. The topological polar surface area (TPSA) is 20.2 Å². The molecule has 20 heavy (non-hydrogen) atoms. The van der Waals surface area contributed by atoms with Crippen molar-refractivity contribution in [3.8, 4) is 0 Å². The summed E-state index contributed by atoms with van der Waals surface area (Å²) in [7, 11) is 0. The zero-order chi connectivity index (χ0) is 14.0. The summed E-state index contributed by atoms with van der Waals surface area (Å²) < 4.78 is 0. The van der Waals surface area contributed by atoms with E-state index < -0.39 is 0 Å². The highest BCUT2D eigenvalue weighted by molar-refractivity contribution is 5.30. The monoisotopic (exact) mass is 272 g/mol. The zero-order valence-corrected chi connectivity index (χ0v) is 12.7. The molecule has 1 aromatic carbocycles. The summed E-state index contributed by atoms with van der Waals surface area (Å²) in [4.78, 5) is 0. The summed E-state index contributed by atoms with van der Waals surface area (Å²) >= 11 is 0. The predicted octanol–water partition coefficient (Wildman–Crippen LogP) is 4.69. The van der Waals surface area contributed by atoms with Crippen LogP contribution in [-0.2, 0) is 5.41 Å². The number of aliphatic hydroxyl groups excluding tert-OH is 1. The summed E-state index contributed by atoms with van der Waals surface area (Å²) in [6, 6.07) is 10.8. The fourth-order valence-corrected chi connectivity index (χ4v) is 4.45. The van der Waals surface area contributed by atoms with Gasteiger partial charge in [0.1, 0.15) is 0 Å². The average Bonchev–Trinajstić information content (AvgIpc) is 2.47. The molecule has 0 amide bonds. The third-order valence-electron chi connectivity index (χ3n) is 6.08. The minimum absolute atomic E-state index is 0.0744. The van der Waals surface area contributed by atoms with Gasteiger partial charge < -0.3 is 5.11 Å². The summed E-state index contributed by atoms with van der Waals surface area (Å²) in [5.41, 5.74) is 1.45. The van der Waals surface area contributed by atoms with Crippen molar-refractivity contribution < 1.29 is 5.11 Å². The summed E-state index contributed by atoms with van der Waals surface area (Å²) in [6.07, 6.45) is 9.91. The van der Waals surface area contributed by atoms with Crippen LogP contribution in [0.15, 0.2) is 30.3 Å². The van der Waals surface area contributed by atoms with Gasteiger partial charge in [-0.25, -0.2) is 0 Å². The van der Waals surface area contributed by atoms with E-state index in [2.05, 4.69) is 37.3 Å². The maximum absolute atomic E-state index is 11.1. The van der Waals surface area contributed by atoms with E-state index in [1.165, 1.54) is 56.9 Å². The van der Waals surface area contributed by atoms with Crippen molar-refractivity contribution >= 4 is 0 Å². The Morgan fingerprint density at radius 3 is 2.25 bits per heavy atom. The third kappa shape index (κ3) is 2.41. The average molecular weight is 272 g/mol. The lowest BCUT2D eigenvalue weighted by molar-refractivity contribution is -0.0296. The van der Waals surface area contributed by atoms with E-state index in [0.717, 1.165) is 5.92 Å². The summed E-state index contributed by atoms with van der Waals surface area (Å²) in [6.45, 7) is 2.30. The van der Waals surface area contributed by atoms with Crippen molar-refractivity contribution in [2.24, 2.45) is 11.8 Å². The fourth-order valence-electron chi connectivity index (χ4n) is 4.45. The highest BCUT2D eigenvalue weighted by Gasteiger charge is 2.47. The van der Waals surface area contributed by atoms with E-state index >= 15 is 0 Å². The lowest BCUT2D eigenvalue weighted by atomic mass is 9.57. The largest absolute Gasteiger partial charge is 0.392 e. The maximum atomic E-state index is 11.1. The molecule has 2 fully saturated rings. The fraction of sp³-hybridized carbons (Fsp3) is 0.684. The maximum Gasteiger partial charge on any atom is 0.0664 e. The minimum atomic E-state index is -0.128. The molecule has 2 aliphatic carbocycles. The van der Waals surface area contributed by atoms with E-state index in [9.17, 15) is 5.11 Å². The van der Waals surface area contributed by atoms with Crippen molar-refractivity contribution in [3.63, 3.8) is 0 Å². The van der Waals surface area contributed by atoms with E-state index in [0.29, 0.717) is 5.92 Å². The van der Waals surface area contributed by atoms with Crippen LogP contribution in [0.1, 0.15) is 63.9 Å². The summed E-state index contributed by atoms with van der Waals surface area (Å²) in [5, 5.41) is 11.1. The quantitative estimate of drug-likeness (QED) is 0.843. The molecule has 110 valence electrons. The SMILES string of the molecule is CCC1CCC(C(O)C2(c3ccccc3)CCC2)CC1. The Balaban J connectivity index is 1.73. The van der Waals surface area contributed by atoms with Gasteiger partial charge in [0, 0.05) is 5.41 Å². The van der Waals surface area contributed by atoms with Gasteiger partial charge in [0.25, 0.3) is 0 Å². The number of aliphatic hydroxyl groups is 1. The van der Waals surface area contributed by atoms with E-state index in [1.807, 2.05) is 0 Å². The van der Waals surface area contributed by atoms with Crippen LogP contribution in [0.4, 0.5) is 0 Å². The van der Waals surface area contributed by atoms with E-state index in [-0.39, 0.29) is 11.5 Å². The molecule has 1 N–H and O–H groups in total. The first-order valence-corrected chi connectivity index (χ1v) is 8.50. The second-order valence-electron chi connectivity index (χ2n) is 7.01. The van der Waals surface area contributed by atoms with Gasteiger partial charge in [0.15, 0.2) is 0 Å². The molecule has 2 saturated carbocycles. The van der Waals surface area contributed by atoms with Crippen LogP contribution in [0.2, 0.25) is 0 Å². The molecule has 0 bridgehead atoms. The normalized spacial score (nSPS) is 30.5. The van der Waals surface area contributed by atoms with Gasteiger partial charge in [-0.15, -0.1) is 0 Å². The standard InChI is InChI=1S/C19H28O/c1-2-15-9-11-16(12-10-15)18(20)19(13-6-14-19)17-7-4-3-5-8-17/h3-5,7-8,15-16,18,20H,2,6,9-14H2,1H3. The first-order chi connectivity index (χ1) is 9.76. The van der Waals surface area contributed by atoms with Gasteiger partial charge >= 0.3 is 0 Å². The van der Waals surface area contributed by atoms with Crippen molar-refractivity contribution in [2.75, 3.05) is 0 Å². The molecule has 0 saturated heterocycles. The molecular formula is C19H28O. The third-order valence-corrected chi connectivity index (χ3v) is 6.08. The molecule has 1 nitrogen and oxygen atoms in total. The van der Waals surface area contributed by atoms with Gasteiger partial charge in [-0.05, 0) is 43.1 Å². The number of hydrogen-bond acceptors (Lipinski definition) is 1. The predicted molar refractivity (Wildman–Crippen MR) is 83.7 cm³/mol. The van der Waals surface area contributed by atoms with Crippen LogP contribution in [0.3, 0.4) is 0 Å². The second-order valence-corrected chi connectivity index (χ2v) is 7.01. The molecule has 0 radical (unpaired) electrons. The number of rotatable bonds is 4. The molecule has 0 aromatic heterocycles. The molecule has 0 aliphatic heterocycles. The van der Waals surface area contributed by atoms with Crippen LogP contribution < -0.4 is 0 Å². The van der Waals surface area contributed by atoms with E-state index in [1.54, 1.807) is 0 Å². The molecule has 1 atom stereocenters. The van der Waals surface area contributed by atoms with Crippen LogP contribution >= 0.6 is 0 Å². The first kappa shape index (κ1) is 14.1. The van der Waals surface area contributed by atoms with Gasteiger partial charge in [-0.1, -0.05) is 62.9 Å². The summed E-state index contributed by atoms with van der Waals surface area (Å²) in [5.74, 6) is 1.44. The van der Waals surface area contributed by atoms with Crippen LogP contribution in [0.5, 0.6) is 0 Å². The van der Waals surface area contributed by atoms with Gasteiger partial charge in [0.05, 0.1) is 6.10 Å². The molecule has 1 heteroatoms. The molecule has 0 spiro atoms. The van der Waals surface area contributed by atoms with Gasteiger partial charge in [-0.3, -0.25) is 0 Å². The molecule has 0 heterocycles. The molecular weight excluding hydrogens is 244 g/mol. The minimum Gasteiger partial charge on any atom is -0.392 e. The van der Waals surface area contributed by atoms with Gasteiger partial charge in [0.2, 0.25) is 0 Å². The molecule has 2 aliphatic rings. The Morgan fingerprint density at radius 1 is 1.10 bits per heavy atom. The first-order valence-electron chi connectivity index (χ1n) is 8.50. The smallest absolute Gasteiger partial charge is 0.0664 e. The Labute approximate surface area is 123 Å². The number of benzene rings is 1. The Morgan fingerprint density at radius 2 is 1.75 bits per heavy atom.